The number of carbonyl (C=O) groups excluding carboxylic acids is 1. The molecule has 27 heavy (non-hydrogen) atoms. The molecule has 0 aliphatic rings. The molecule has 0 aliphatic carbocycles. The Morgan fingerprint density at radius 1 is 1.11 bits per heavy atom. The molecule has 0 atom stereocenters. The van der Waals surface area contributed by atoms with Crippen molar-refractivity contribution in [3.05, 3.63) is 70.6 Å². The first-order valence-electron chi connectivity index (χ1n) is 8.67. The van der Waals surface area contributed by atoms with E-state index in [0.717, 1.165) is 16.9 Å². The molecule has 0 bridgehead atoms. The third-order valence-electron chi connectivity index (χ3n) is 4.24. The Morgan fingerprint density at radius 2 is 1.81 bits per heavy atom. The van der Waals surface area contributed by atoms with Crippen molar-refractivity contribution in [2.45, 2.75) is 13.0 Å². The molecule has 0 saturated heterocycles. The van der Waals surface area contributed by atoms with E-state index >= 15 is 0 Å². The summed E-state index contributed by atoms with van der Waals surface area (Å²) in [5.41, 5.74) is 1.56. The van der Waals surface area contributed by atoms with Crippen LogP contribution in [0.3, 0.4) is 0 Å². The minimum absolute atomic E-state index is 0.104. The average molecular weight is 366 g/mol. The van der Waals surface area contributed by atoms with Crippen LogP contribution in [-0.4, -0.2) is 33.9 Å². The molecular formula is C20H22N4O3. The predicted molar refractivity (Wildman–Crippen MR) is 103 cm³/mol. The van der Waals surface area contributed by atoms with Gasteiger partial charge >= 0.3 is 5.69 Å². The number of rotatable bonds is 7. The molecule has 0 spiro atoms. The van der Waals surface area contributed by atoms with Gasteiger partial charge in [-0.2, -0.15) is 0 Å². The lowest BCUT2D eigenvalue weighted by molar-refractivity contribution is -0.120. The quantitative estimate of drug-likeness (QED) is 0.689. The van der Waals surface area contributed by atoms with Gasteiger partial charge in [0.25, 0.3) is 0 Å². The number of hydrogen-bond donors (Lipinski definition) is 1. The second-order valence-corrected chi connectivity index (χ2v) is 6.13. The SMILES string of the molecule is COc1ccc(CC(=O)NCCn2nc(-c3ccccc3)n(C)c2=O)cc1. The Bertz CT molecular complexity index is 959. The lowest BCUT2D eigenvalue weighted by Gasteiger charge is -2.06. The van der Waals surface area contributed by atoms with E-state index in [2.05, 4.69) is 10.4 Å². The van der Waals surface area contributed by atoms with Crippen molar-refractivity contribution < 1.29 is 9.53 Å². The van der Waals surface area contributed by atoms with E-state index in [1.165, 1.54) is 9.25 Å². The molecule has 140 valence electrons. The van der Waals surface area contributed by atoms with Crippen molar-refractivity contribution in [2.24, 2.45) is 7.05 Å². The second-order valence-electron chi connectivity index (χ2n) is 6.13. The van der Waals surface area contributed by atoms with Crippen LogP contribution in [0.5, 0.6) is 5.75 Å². The highest BCUT2D eigenvalue weighted by Gasteiger charge is 2.12. The standard InChI is InChI=1S/C20H22N4O3/c1-23-19(16-6-4-3-5-7-16)22-24(20(23)26)13-12-21-18(25)14-15-8-10-17(27-2)11-9-15/h3-11H,12-14H2,1-2H3,(H,21,25). The fourth-order valence-corrected chi connectivity index (χ4v) is 2.76. The lowest BCUT2D eigenvalue weighted by atomic mass is 10.1. The summed E-state index contributed by atoms with van der Waals surface area (Å²) in [5, 5.41) is 7.21. The number of aromatic nitrogens is 3. The summed E-state index contributed by atoms with van der Waals surface area (Å²) in [6.07, 6.45) is 0.274. The number of nitrogens with one attached hydrogen (secondary N) is 1. The number of benzene rings is 2. The van der Waals surface area contributed by atoms with E-state index in [-0.39, 0.29) is 18.0 Å². The molecule has 1 amide bonds. The molecule has 0 fully saturated rings. The number of amides is 1. The van der Waals surface area contributed by atoms with Gasteiger partial charge in [-0.05, 0) is 17.7 Å². The van der Waals surface area contributed by atoms with Crippen LogP contribution in [0, 0.1) is 0 Å². The maximum absolute atomic E-state index is 12.3. The molecule has 7 heteroatoms. The zero-order valence-corrected chi connectivity index (χ0v) is 15.4. The number of methoxy groups -OCH3 is 1. The fraction of sp³-hybridized carbons (Fsp3) is 0.250. The third-order valence-corrected chi connectivity index (χ3v) is 4.24. The topological polar surface area (TPSA) is 78.2 Å². The van der Waals surface area contributed by atoms with Crippen molar-refractivity contribution in [3.8, 4) is 17.1 Å². The van der Waals surface area contributed by atoms with Crippen molar-refractivity contribution in [2.75, 3.05) is 13.7 Å². The van der Waals surface area contributed by atoms with Gasteiger partial charge in [0.2, 0.25) is 5.91 Å². The first-order valence-corrected chi connectivity index (χ1v) is 8.67. The van der Waals surface area contributed by atoms with Gasteiger partial charge < -0.3 is 10.1 Å². The summed E-state index contributed by atoms with van der Waals surface area (Å²) >= 11 is 0. The first kappa shape index (κ1) is 18.4. The molecule has 3 rings (SSSR count). The maximum atomic E-state index is 12.3. The van der Waals surface area contributed by atoms with Crippen LogP contribution < -0.4 is 15.7 Å². The first-order chi connectivity index (χ1) is 13.1. The van der Waals surface area contributed by atoms with Crippen molar-refractivity contribution in [1.29, 1.82) is 0 Å². The Labute approximate surface area is 157 Å². The normalized spacial score (nSPS) is 10.6. The number of nitrogens with zero attached hydrogens (tertiary/aromatic N) is 3. The van der Waals surface area contributed by atoms with Crippen LogP contribution in [0.25, 0.3) is 11.4 Å². The van der Waals surface area contributed by atoms with Gasteiger partial charge in [-0.25, -0.2) is 9.48 Å². The summed E-state index contributed by atoms with van der Waals surface area (Å²) in [5.74, 6) is 1.25. The van der Waals surface area contributed by atoms with Crippen LogP contribution >= 0.6 is 0 Å². The van der Waals surface area contributed by atoms with Gasteiger partial charge in [0.1, 0.15) is 5.75 Å². The van der Waals surface area contributed by atoms with Gasteiger partial charge in [0.05, 0.1) is 20.1 Å². The second kappa shape index (κ2) is 8.35. The molecule has 1 N–H and O–H groups in total. The van der Waals surface area contributed by atoms with E-state index < -0.39 is 0 Å². The van der Waals surface area contributed by atoms with Crippen LogP contribution in [0.15, 0.2) is 59.4 Å². The summed E-state index contributed by atoms with van der Waals surface area (Å²) in [6, 6.07) is 16.9. The third kappa shape index (κ3) is 4.44. The Morgan fingerprint density at radius 3 is 2.48 bits per heavy atom. The number of hydrogen-bond acceptors (Lipinski definition) is 4. The monoisotopic (exact) mass is 366 g/mol. The van der Waals surface area contributed by atoms with Gasteiger partial charge in [0, 0.05) is 19.2 Å². The zero-order valence-electron chi connectivity index (χ0n) is 15.4. The Hall–Kier alpha value is -3.35. The van der Waals surface area contributed by atoms with E-state index in [1.54, 1.807) is 14.2 Å². The minimum Gasteiger partial charge on any atom is -0.497 e. The van der Waals surface area contributed by atoms with E-state index in [4.69, 9.17) is 4.74 Å². The van der Waals surface area contributed by atoms with Gasteiger partial charge in [-0.15, -0.1) is 5.10 Å². The maximum Gasteiger partial charge on any atom is 0.345 e. The molecular weight excluding hydrogens is 344 g/mol. The van der Waals surface area contributed by atoms with Crippen molar-refractivity contribution in [1.82, 2.24) is 19.7 Å². The van der Waals surface area contributed by atoms with E-state index in [1.807, 2.05) is 54.6 Å². The summed E-state index contributed by atoms with van der Waals surface area (Å²) in [4.78, 5) is 24.4. The molecule has 1 heterocycles. The predicted octanol–water partition coefficient (Wildman–Crippen LogP) is 1.62. The molecule has 3 aromatic rings. The fourth-order valence-electron chi connectivity index (χ4n) is 2.76. The van der Waals surface area contributed by atoms with Gasteiger partial charge in [-0.3, -0.25) is 9.36 Å². The molecule has 0 saturated carbocycles. The Balaban J connectivity index is 1.57. The van der Waals surface area contributed by atoms with Crippen LogP contribution in [0.1, 0.15) is 5.56 Å². The average Bonchev–Trinajstić information content (AvgIpc) is 2.98. The van der Waals surface area contributed by atoms with Crippen molar-refractivity contribution >= 4 is 5.91 Å². The molecule has 7 nitrogen and oxygen atoms in total. The Kier molecular flexibility index (Phi) is 5.71. The highest BCUT2D eigenvalue weighted by molar-refractivity contribution is 5.78. The van der Waals surface area contributed by atoms with E-state index in [0.29, 0.717) is 18.9 Å². The van der Waals surface area contributed by atoms with Crippen LogP contribution in [0.2, 0.25) is 0 Å². The molecule has 0 radical (unpaired) electrons. The van der Waals surface area contributed by atoms with Crippen LogP contribution in [0.4, 0.5) is 0 Å². The molecule has 2 aromatic carbocycles. The molecule has 1 aromatic heterocycles. The minimum atomic E-state index is -0.210. The summed E-state index contributed by atoms with van der Waals surface area (Å²) in [7, 11) is 3.29. The highest BCUT2D eigenvalue weighted by Crippen LogP contribution is 2.13. The van der Waals surface area contributed by atoms with Crippen molar-refractivity contribution in [3.63, 3.8) is 0 Å². The van der Waals surface area contributed by atoms with Gasteiger partial charge in [-0.1, -0.05) is 42.5 Å². The van der Waals surface area contributed by atoms with E-state index in [9.17, 15) is 9.59 Å². The molecule has 0 aliphatic heterocycles. The number of carbonyl (C=O) groups is 1. The molecule has 0 unspecified atom stereocenters. The zero-order chi connectivity index (χ0) is 19.2. The summed E-state index contributed by atoms with van der Waals surface area (Å²) < 4.78 is 7.98. The van der Waals surface area contributed by atoms with Gasteiger partial charge in [0.15, 0.2) is 5.82 Å². The highest BCUT2D eigenvalue weighted by atomic mass is 16.5. The largest absolute Gasteiger partial charge is 0.497 e. The van der Waals surface area contributed by atoms with Crippen LogP contribution in [-0.2, 0) is 24.8 Å². The summed E-state index contributed by atoms with van der Waals surface area (Å²) in [6.45, 7) is 0.647. The smallest absolute Gasteiger partial charge is 0.345 e. The lowest BCUT2D eigenvalue weighted by Crippen LogP contribution is -2.32. The number of ether oxygens (including phenoxy) is 1.